The summed E-state index contributed by atoms with van der Waals surface area (Å²) in [5, 5.41) is 8.67. The third kappa shape index (κ3) is 2.32. The van der Waals surface area contributed by atoms with Crippen LogP contribution in [-0.2, 0) is 9.59 Å². The number of hydrogen-bond acceptors (Lipinski definition) is 3. The molecule has 0 saturated heterocycles. The fourth-order valence-corrected chi connectivity index (χ4v) is 2.26. The third-order valence-electron chi connectivity index (χ3n) is 3.00. The first kappa shape index (κ1) is 13.9. The molecule has 0 fully saturated rings. The van der Waals surface area contributed by atoms with Crippen LogP contribution in [0.2, 0.25) is 0 Å². The van der Waals surface area contributed by atoms with Crippen LogP contribution in [0.4, 0.5) is 10.1 Å². The number of rotatable bonds is 3. The molecule has 1 N–H and O–H groups in total. The molecule has 1 aliphatic heterocycles. The van der Waals surface area contributed by atoms with E-state index in [0.29, 0.717) is 16.8 Å². The Morgan fingerprint density at radius 1 is 1.40 bits per heavy atom. The highest BCUT2D eigenvalue weighted by atomic mass is 19.1. The number of carboxylic acid groups (broad SMARTS) is 1. The highest BCUT2D eigenvalue weighted by Gasteiger charge is 2.37. The molecule has 104 valence electrons. The van der Waals surface area contributed by atoms with Gasteiger partial charge in [0.15, 0.2) is 0 Å². The molecular weight excluding hydrogens is 265 g/mol. The van der Waals surface area contributed by atoms with Gasteiger partial charge in [-0.2, -0.15) is 0 Å². The predicted molar refractivity (Wildman–Crippen MR) is 69.2 cm³/mol. The monoisotopic (exact) mass is 277 g/mol. The van der Waals surface area contributed by atoms with Gasteiger partial charge in [0.05, 0.1) is 11.3 Å². The lowest BCUT2D eigenvalue weighted by molar-refractivity contribution is -0.131. The fourth-order valence-electron chi connectivity index (χ4n) is 2.26. The van der Waals surface area contributed by atoms with Crippen LogP contribution < -0.4 is 4.90 Å². The summed E-state index contributed by atoms with van der Waals surface area (Å²) < 4.78 is 13.3. The molecule has 6 heteroatoms. The summed E-state index contributed by atoms with van der Waals surface area (Å²) in [5.74, 6) is -3.25. The summed E-state index contributed by atoms with van der Waals surface area (Å²) in [4.78, 5) is 35.5. The number of fused-ring (bicyclic) bond motifs is 1. The lowest BCUT2D eigenvalue weighted by Crippen LogP contribution is -2.31. The molecule has 0 bridgehead atoms. The van der Waals surface area contributed by atoms with Gasteiger partial charge in [-0.25, -0.2) is 9.18 Å². The van der Waals surface area contributed by atoms with Gasteiger partial charge < -0.3 is 10.0 Å². The van der Waals surface area contributed by atoms with E-state index in [1.807, 2.05) is 0 Å². The standard InChI is InChI=1S/C14H12FNO4/c1-7(3-11(17)18)6-16-12-8(2)4-9(15)5-10(12)13(19)14(16)20/h3-5H,6H2,1-2H3,(H,17,18)/b7-3-. The SMILES string of the molecule is C/C(=C/C(=O)O)CN1C(=O)C(=O)c2cc(F)cc(C)c21. The van der Waals surface area contributed by atoms with Gasteiger partial charge in [-0.05, 0) is 37.1 Å². The number of Topliss-reactive ketones (excluding diaryl/α,β-unsaturated/α-hetero) is 1. The fraction of sp³-hybridized carbons (Fsp3) is 0.214. The molecule has 2 rings (SSSR count). The molecular formula is C14H12FNO4. The smallest absolute Gasteiger partial charge is 0.328 e. The van der Waals surface area contributed by atoms with Crippen LogP contribution in [0.5, 0.6) is 0 Å². The Morgan fingerprint density at radius 3 is 2.65 bits per heavy atom. The van der Waals surface area contributed by atoms with Crippen LogP contribution >= 0.6 is 0 Å². The Labute approximate surface area is 114 Å². The first-order valence-electron chi connectivity index (χ1n) is 5.87. The summed E-state index contributed by atoms with van der Waals surface area (Å²) >= 11 is 0. The molecule has 1 heterocycles. The average Bonchev–Trinajstić information content (AvgIpc) is 2.53. The van der Waals surface area contributed by atoms with Gasteiger partial charge in [0.25, 0.3) is 11.7 Å². The zero-order chi connectivity index (χ0) is 15.0. The molecule has 0 atom stereocenters. The topological polar surface area (TPSA) is 74.7 Å². The average molecular weight is 277 g/mol. The number of ketones is 1. The molecule has 1 aromatic rings. The Bertz CT molecular complexity index is 663. The minimum atomic E-state index is -1.13. The van der Waals surface area contributed by atoms with Gasteiger partial charge in [0, 0.05) is 12.6 Å². The molecule has 20 heavy (non-hydrogen) atoms. The number of aryl methyl sites for hydroxylation is 1. The predicted octanol–water partition coefficient (Wildman–Crippen LogP) is 1.69. The van der Waals surface area contributed by atoms with Crippen LogP contribution in [-0.4, -0.2) is 29.3 Å². The maximum absolute atomic E-state index is 13.3. The van der Waals surface area contributed by atoms with Crippen LogP contribution in [0.1, 0.15) is 22.8 Å². The lowest BCUT2D eigenvalue weighted by Gasteiger charge is -2.18. The summed E-state index contributed by atoms with van der Waals surface area (Å²) in [6, 6.07) is 2.26. The van der Waals surface area contributed by atoms with Gasteiger partial charge in [-0.1, -0.05) is 0 Å². The summed E-state index contributed by atoms with van der Waals surface area (Å²) in [5.41, 5.74) is 1.24. The zero-order valence-corrected chi connectivity index (χ0v) is 10.9. The van der Waals surface area contributed by atoms with E-state index < -0.39 is 23.5 Å². The quantitative estimate of drug-likeness (QED) is 0.674. The van der Waals surface area contributed by atoms with Crippen molar-refractivity contribution in [3.63, 3.8) is 0 Å². The molecule has 0 radical (unpaired) electrons. The van der Waals surface area contributed by atoms with Gasteiger partial charge in [-0.15, -0.1) is 0 Å². The number of benzene rings is 1. The van der Waals surface area contributed by atoms with Crippen molar-refractivity contribution in [3.05, 3.63) is 40.7 Å². The second kappa shape index (κ2) is 4.88. The number of carbonyl (C=O) groups is 3. The second-order valence-electron chi connectivity index (χ2n) is 4.67. The number of nitrogens with zero attached hydrogens (tertiary/aromatic N) is 1. The van der Waals surface area contributed by atoms with Crippen LogP contribution in [0, 0.1) is 12.7 Å². The molecule has 0 aliphatic carbocycles. The van der Waals surface area contributed by atoms with Crippen molar-refractivity contribution in [1.29, 1.82) is 0 Å². The zero-order valence-electron chi connectivity index (χ0n) is 10.9. The number of halogens is 1. The maximum Gasteiger partial charge on any atom is 0.328 e. The maximum atomic E-state index is 13.3. The molecule has 0 saturated carbocycles. The van der Waals surface area contributed by atoms with Crippen LogP contribution in [0.3, 0.4) is 0 Å². The molecule has 1 amide bonds. The number of carboxylic acids is 1. The van der Waals surface area contributed by atoms with E-state index in [4.69, 9.17) is 5.11 Å². The first-order chi connectivity index (χ1) is 9.31. The van der Waals surface area contributed by atoms with Gasteiger partial charge in [-0.3, -0.25) is 9.59 Å². The number of anilines is 1. The van der Waals surface area contributed by atoms with Crippen molar-refractivity contribution >= 4 is 23.3 Å². The van der Waals surface area contributed by atoms with Gasteiger partial charge in [0.1, 0.15) is 5.82 Å². The number of carbonyl (C=O) groups excluding carboxylic acids is 2. The number of amides is 1. The first-order valence-corrected chi connectivity index (χ1v) is 5.87. The Balaban J connectivity index is 2.46. The summed E-state index contributed by atoms with van der Waals surface area (Å²) in [6.45, 7) is 3.12. The normalized spacial score (nSPS) is 14.8. The highest BCUT2D eigenvalue weighted by Crippen LogP contribution is 2.33. The largest absolute Gasteiger partial charge is 0.478 e. The van der Waals surface area contributed by atoms with E-state index in [-0.39, 0.29) is 12.1 Å². The molecule has 0 unspecified atom stereocenters. The van der Waals surface area contributed by atoms with E-state index >= 15 is 0 Å². The summed E-state index contributed by atoms with van der Waals surface area (Å²) in [6.07, 6.45) is 0.967. The van der Waals surface area contributed by atoms with Crippen molar-refractivity contribution in [1.82, 2.24) is 0 Å². The highest BCUT2D eigenvalue weighted by molar-refractivity contribution is 6.52. The van der Waals surface area contributed by atoms with E-state index in [2.05, 4.69) is 0 Å². The van der Waals surface area contributed by atoms with Crippen molar-refractivity contribution < 1.29 is 23.9 Å². The number of aliphatic carboxylic acids is 1. The summed E-state index contributed by atoms with van der Waals surface area (Å²) in [7, 11) is 0. The van der Waals surface area contributed by atoms with E-state index in [9.17, 15) is 18.8 Å². The Hall–Kier alpha value is -2.50. The van der Waals surface area contributed by atoms with E-state index in [0.717, 1.165) is 12.1 Å². The molecule has 5 nitrogen and oxygen atoms in total. The van der Waals surface area contributed by atoms with Crippen LogP contribution in [0.15, 0.2) is 23.8 Å². The second-order valence-corrected chi connectivity index (χ2v) is 4.67. The molecule has 1 aliphatic rings. The molecule has 0 spiro atoms. The van der Waals surface area contributed by atoms with E-state index in [1.165, 1.54) is 11.0 Å². The third-order valence-corrected chi connectivity index (χ3v) is 3.00. The minimum absolute atomic E-state index is 0.0175. The Morgan fingerprint density at radius 2 is 2.05 bits per heavy atom. The number of hydrogen-bond donors (Lipinski definition) is 1. The Kier molecular flexibility index (Phi) is 3.40. The van der Waals surface area contributed by atoms with Crippen molar-refractivity contribution in [3.8, 4) is 0 Å². The van der Waals surface area contributed by atoms with Gasteiger partial charge >= 0.3 is 5.97 Å². The van der Waals surface area contributed by atoms with Crippen LogP contribution in [0.25, 0.3) is 0 Å². The van der Waals surface area contributed by atoms with Crippen molar-refractivity contribution in [2.75, 3.05) is 11.4 Å². The lowest BCUT2D eigenvalue weighted by atomic mass is 10.1. The van der Waals surface area contributed by atoms with Gasteiger partial charge in [0.2, 0.25) is 0 Å². The van der Waals surface area contributed by atoms with E-state index in [1.54, 1.807) is 13.8 Å². The molecule has 1 aromatic carbocycles. The van der Waals surface area contributed by atoms with Crippen molar-refractivity contribution in [2.24, 2.45) is 0 Å². The molecule has 0 aromatic heterocycles. The van der Waals surface area contributed by atoms with Crippen molar-refractivity contribution in [2.45, 2.75) is 13.8 Å². The minimum Gasteiger partial charge on any atom is -0.478 e.